The molecule has 3 rings (SSSR count). The van der Waals surface area contributed by atoms with Gasteiger partial charge in [0.05, 0.1) is 6.54 Å². The summed E-state index contributed by atoms with van der Waals surface area (Å²) in [6.45, 7) is 2.38. The van der Waals surface area contributed by atoms with E-state index >= 15 is 0 Å². The number of nitrogens with one attached hydrogen (secondary N) is 1. The first-order valence-corrected chi connectivity index (χ1v) is 11.2. The minimum atomic E-state index is -0.848. The summed E-state index contributed by atoms with van der Waals surface area (Å²) >= 11 is 1.53. The second-order valence-corrected chi connectivity index (χ2v) is 8.24. The van der Waals surface area contributed by atoms with Crippen LogP contribution in [0.15, 0.2) is 45.1 Å². The summed E-state index contributed by atoms with van der Waals surface area (Å²) in [5, 5.41) is 11.2. The molecule has 0 spiro atoms. The third-order valence-corrected chi connectivity index (χ3v) is 5.84. The molecule has 1 atom stereocenters. The van der Waals surface area contributed by atoms with E-state index in [-0.39, 0.29) is 18.7 Å². The van der Waals surface area contributed by atoms with Crippen molar-refractivity contribution in [3.8, 4) is 5.75 Å². The van der Waals surface area contributed by atoms with Gasteiger partial charge in [0.15, 0.2) is 16.3 Å². The molecule has 0 unspecified atom stereocenters. The maximum absolute atomic E-state index is 12.5. The van der Waals surface area contributed by atoms with Crippen LogP contribution in [0.2, 0.25) is 0 Å². The van der Waals surface area contributed by atoms with Crippen molar-refractivity contribution in [1.82, 2.24) is 19.1 Å². The molecular weight excluding hydrogens is 404 g/mol. The van der Waals surface area contributed by atoms with Gasteiger partial charge in [-0.05, 0) is 18.6 Å². The lowest BCUT2D eigenvalue weighted by Crippen LogP contribution is -2.30. The fourth-order valence-electron chi connectivity index (χ4n) is 3.16. The summed E-state index contributed by atoms with van der Waals surface area (Å²) in [7, 11) is 1.57. The third kappa shape index (κ3) is 5.34. The van der Waals surface area contributed by atoms with Crippen LogP contribution in [0.25, 0.3) is 11.2 Å². The number of H-pyrrole nitrogens is 1. The van der Waals surface area contributed by atoms with Crippen LogP contribution in [0.3, 0.4) is 0 Å². The summed E-state index contributed by atoms with van der Waals surface area (Å²) in [6.07, 6.45) is 3.67. The molecule has 3 aromatic rings. The Bertz CT molecular complexity index is 1070. The molecule has 0 saturated heterocycles. The minimum absolute atomic E-state index is 0.0773. The Morgan fingerprint density at radius 2 is 1.97 bits per heavy atom. The molecule has 0 fully saturated rings. The van der Waals surface area contributed by atoms with Gasteiger partial charge < -0.3 is 14.4 Å². The molecule has 9 heteroatoms. The van der Waals surface area contributed by atoms with Crippen molar-refractivity contribution < 1.29 is 9.84 Å². The molecule has 0 radical (unpaired) electrons. The van der Waals surface area contributed by atoms with Gasteiger partial charge in [0, 0.05) is 12.8 Å². The number of hydrogen-bond donors (Lipinski definition) is 2. The van der Waals surface area contributed by atoms with Crippen LogP contribution in [-0.2, 0) is 13.6 Å². The third-order valence-electron chi connectivity index (χ3n) is 4.78. The number of nitrogens with zero attached hydrogens (tertiary/aromatic N) is 3. The quantitative estimate of drug-likeness (QED) is 0.357. The maximum atomic E-state index is 12.5. The van der Waals surface area contributed by atoms with Crippen molar-refractivity contribution in [2.24, 2.45) is 7.05 Å². The molecule has 1 aromatic carbocycles. The van der Waals surface area contributed by atoms with Gasteiger partial charge in [0.25, 0.3) is 5.56 Å². The van der Waals surface area contributed by atoms with Gasteiger partial charge in [0.1, 0.15) is 18.5 Å². The Morgan fingerprint density at radius 1 is 1.20 bits per heavy atom. The van der Waals surface area contributed by atoms with Crippen LogP contribution < -0.4 is 16.0 Å². The van der Waals surface area contributed by atoms with Gasteiger partial charge >= 0.3 is 5.69 Å². The average molecular weight is 433 g/mol. The molecule has 0 aliphatic heterocycles. The number of aromatic nitrogens is 4. The van der Waals surface area contributed by atoms with E-state index in [1.165, 1.54) is 22.7 Å². The topological polar surface area (TPSA) is 102 Å². The lowest BCUT2D eigenvalue weighted by atomic mass is 10.2. The van der Waals surface area contributed by atoms with Crippen molar-refractivity contribution in [3.63, 3.8) is 0 Å². The van der Waals surface area contributed by atoms with E-state index in [0.717, 1.165) is 25.0 Å². The Hall–Kier alpha value is -2.52. The fraction of sp³-hybridized carbons (Fsp3) is 0.476. The number of benzene rings is 1. The number of imidazole rings is 1. The zero-order valence-electron chi connectivity index (χ0n) is 17.3. The Kier molecular flexibility index (Phi) is 7.75. The molecule has 2 heterocycles. The standard InChI is InChI=1S/C21H28N4O4S/c1-3-4-5-9-12-30-21-22-18-17(19(27)23-20(28)24(18)2)25(21)13-15(26)14-29-16-10-7-6-8-11-16/h6-8,10-11,15,26H,3-5,9,12-14H2,1-2H3,(H,23,27,28)/t15-/m0/s1. The van der Waals surface area contributed by atoms with Crippen LogP contribution >= 0.6 is 11.8 Å². The van der Waals surface area contributed by atoms with E-state index in [1.54, 1.807) is 11.6 Å². The Labute approximate surface area is 178 Å². The first kappa shape index (κ1) is 22.2. The summed E-state index contributed by atoms with van der Waals surface area (Å²) < 4.78 is 8.65. The molecule has 0 saturated carbocycles. The van der Waals surface area contributed by atoms with Crippen molar-refractivity contribution >= 4 is 22.9 Å². The number of hydrogen-bond acceptors (Lipinski definition) is 6. The smallest absolute Gasteiger partial charge is 0.329 e. The number of para-hydroxylation sites is 1. The highest BCUT2D eigenvalue weighted by atomic mass is 32.2. The number of aliphatic hydroxyl groups is 1. The minimum Gasteiger partial charge on any atom is -0.491 e. The van der Waals surface area contributed by atoms with E-state index in [4.69, 9.17) is 4.74 Å². The van der Waals surface area contributed by atoms with Crippen LogP contribution in [0.4, 0.5) is 0 Å². The molecule has 0 bridgehead atoms. The molecule has 30 heavy (non-hydrogen) atoms. The summed E-state index contributed by atoms with van der Waals surface area (Å²) in [4.78, 5) is 31.3. The van der Waals surface area contributed by atoms with Crippen LogP contribution in [0, 0.1) is 0 Å². The van der Waals surface area contributed by atoms with Crippen LogP contribution in [0.5, 0.6) is 5.75 Å². The number of unbranched alkanes of at least 4 members (excludes halogenated alkanes) is 3. The highest BCUT2D eigenvalue weighted by Gasteiger charge is 2.20. The van der Waals surface area contributed by atoms with Gasteiger partial charge in [-0.3, -0.25) is 14.3 Å². The number of aromatic amines is 1. The summed E-state index contributed by atoms with van der Waals surface area (Å²) in [5.74, 6) is 1.52. The van der Waals surface area contributed by atoms with Gasteiger partial charge in [-0.1, -0.05) is 56.1 Å². The monoisotopic (exact) mass is 432 g/mol. The van der Waals surface area contributed by atoms with Gasteiger partial charge in [-0.2, -0.15) is 0 Å². The van der Waals surface area contributed by atoms with Crippen LogP contribution in [-0.4, -0.2) is 42.7 Å². The molecule has 2 aromatic heterocycles. The number of ether oxygens (including phenoxy) is 1. The van der Waals surface area contributed by atoms with Gasteiger partial charge in [-0.25, -0.2) is 9.78 Å². The number of fused-ring (bicyclic) bond motifs is 1. The van der Waals surface area contributed by atoms with Gasteiger partial charge in [0.2, 0.25) is 0 Å². The van der Waals surface area contributed by atoms with E-state index in [0.29, 0.717) is 16.6 Å². The largest absolute Gasteiger partial charge is 0.491 e. The van der Waals surface area contributed by atoms with Crippen molar-refractivity contribution in [2.45, 2.75) is 50.4 Å². The molecule has 0 aliphatic carbocycles. The number of aliphatic hydroxyl groups excluding tert-OH is 1. The SMILES string of the molecule is CCCCCCSc1nc2c(c(=O)[nH]c(=O)n2C)n1C[C@H](O)COc1ccccc1. The molecule has 162 valence electrons. The zero-order valence-corrected chi connectivity index (χ0v) is 18.2. The highest BCUT2D eigenvalue weighted by Crippen LogP contribution is 2.23. The predicted molar refractivity (Wildman–Crippen MR) is 118 cm³/mol. The van der Waals surface area contributed by atoms with Crippen molar-refractivity contribution in [1.29, 1.82) is 0 Å². The summed E-state index contributed by atoms with van der Waals surface area (Å²) in [6, 6.07) is 9.24. The predicted octanol–water partition coefficient (Wildman–Crippen LogP) is 2.54. The lowest BCUT2D eigenvalue weighted by Gasteiger charge is -2.15. The molecular formula is C21H28N4O4S. The fourth-order valence-corrected chi connectivity index (χ4v) is 4.16. The lowest BCUT2D eigenvalue weighted by molar-refractivity contribution is 0.0914. The van der Waals surface area contributed by atoms with Gasteiger partial charge in [-0.15, -0.1) is 0 Å². The van der Waals surface area contributed by atoms with Crippen LogP contribution in [0.1, 0.15) is 32.6 Å². The number of rotatable bonds is 11. The Balaban J connectivity index is 1.82. The second kappa shape index (κ2) is 10.5. The van der Waals surface area contributed by atoms with E-state index in [1.807, 2.05) is 30.3 Å². The first-order chi connectivity index (χ1) is 14.5. The number of aryl methyl sites for hydroxylation is 1. The normalized spacial score (nSPS) is 12.4. The Morgan fingerprint density at radius 3 is 2.70 bits per heavy atom. The molecule has 8 nitrogen and oxygen atoms in total. The average Bonchev–Trinajstić information content (AvgIpc) is 3.10. The van der Waals surface area contributed by atoms with E-state index < -0.39 is 17.4 Å². The maximum Gasteiger partial charge on any atom is 0.329 e. The molecule has 0 amide bonds. The van der Waals surface area contributed by atoms with E-state index in [2.05, 4.69) is 16.9 Å². The molecule has 2 N–H and O–H groups in total. The number of thioether (sulfide) groups is 1. The molecule has 0 aliphatic rings. The highest BCUT2D eigenvalue weighted by molar-refractivity contribution is 7.99. The summed E-state index contributed by atoms with van der Waals surface area (Å²) in [5.41, 5.74) is -0.415. The van der Waals surface area contributed by atoms with E-state index in [9.17, 15) is 14.7 Å². The van der Waals surface area contributed by atoms with Crippen molar-refractivity contribution in [3.05, 3.63) is 51.2 Å². The first-order valence-electron chi connectivity index (χ1n) is 10.2. The second-order valence-electron chi connectivity index (χ2n) is 7.18. The zero-order chi connectivity index (χ0) is 21.5. The van der Waals surface area contributed by atoms with Crippen molar-refractivity contribution in [2.75, 3.05) is 12.4 Å².